The van der Waals surface area contributed by atoms with E-state index in [1.165, 1.54) is 0 Å². The first kappa shape index (κ1) is 20.4. The van der Waals surface area contributed by atoms with Gasteiger partial charge in [-0.3, -0.25) is 9.59 Å². The Morgan fingerprint density at radius 1 is 0.900 bits per heavy atom. The largest absolute Gasteiger partial charge is 0.368 e. The quantitative estimate of drug-likeness (QED) is 0.595. The molecule has 2 amide bonds. The highest BCUT2D eigenvalue weighted by Crippen LogP contribution is 2.27. The number of rotatable bonds is 4. The van der Waals surface area contributed by atoms with Gasteiger partial charge in [-0.2, -0.15) is 0 Å². The molecule has 154 valence electrons. The molecule has 1 saturated heterocycles. The van der Waals surface area contributed by atoms with Gasteiger partial charge in [-0.25, -0.2) is 0 Å². The fourth-order valence-electron chi connectivity index (χ4n) is 3.86. The van der Waals surface area contributed by atoms with Crippen LogP contribution in [0.1, 0.15) is 23.7 Å². The van der Waals surface area contributed by atoms with E-state index in [1.807, 2.05) is 72.5 Å². The van der Waals surface area contributed by atoms with Crippen LogP contribution in [0.4, 0.5) is 11.4 Å². The maximum Gasteiger partial charge on any atom is 0.256 e. The second kappa shape index (κ2) is 8.88. The predicted molar refractivity (Wildman–Crippen MR) is 125 cm³/mol. The van der Waals surface area contributed by atoms with Gasteiger partial charge in [-0.1, -0.05) is 47.1 Å². The van der Waals surface area contributed by atoms with Gasteiger partial charge in [0.05, 0.1) is 0 Å². The van der Waals surface area contributed by atoms with E-state index in [4.69, 9.17) is 0 Å². The summed E-state index contributed by atoms with van der Waals surface area (Å²) in [6.07, 6.45) is 0.558. The van der Waals surface area contributed by atoms with Gasteiger partial charge in [0.2, 0.25) is 5.91 Å². The summed E-state index contributed by atoms with van der Waals surface area (Å²) in [4.78, 5) is 28.9. The maximum atomic E-state index is 12.9. The van der Waals surface area contributed by atoms with Crippen molar-refractivity contribution in [2.75, 3.05) is 36.4 Å². The fraction of sp³-hybridized carbons (Fsp3) is 0.250. The molecule has 30 heavy (non-hydrogen) atoms. The van der Waals surface area contributed by atoms with Crippen LogP contribution in [0, 0.1) is 0 Å². The average molecular weight is 466 g/mol. The van der Waals surface area contributed by atoms with Crippen molar-refractivity contribution in [3.8, 4) is 0 Å². The summed E-state index contributed by atoms with van der Waals surface area (Å²) >= 11 is 3.55. The molecule has 3 aromatic carbocycles. The Morgan fingerprint density at radius 3 is 2.27 bits per heavy atom. The molecular weight excluding hydrogens is 442 g/mol. The molecule has 6 heteroatoms. The minimum Gasteiger partial charge on any atom is -0.368 e. The number of hydrogen-bond acceptors (Lipinski definition) is 3. The SMILES string of the molecule is CCC(=O)N1CCN(c2ccc(NC(=O)c3cccc4c(Br)cccc34)cc2)CC1. The second-order valence-corrected chi connectivity index (χ2v) is 8.22. The lowest BCUT2D eigenvalue weighted by molar-refractivity contribution is -0.131. The lowest BCUT2D eigenvalue weighted by Gasteiger charge is -2.36. The monoisotopic (exact) mass is 465 g/mol. The van der Waals surface area contributed by atoms with Gasteiger partial charge in [0.1, 0.15) is 0 Å². The number of amides is 2. The predicted octanol–water partition coefficient (Wildman–Crippen LogP) is 4.91. The summed E-state index contributed by atoms with van der Waals surface area (Å²) in [6.45, 7) is 5.05. The summed E-state index contributed by atoms with van der Waals surface area (Å²) < 4.78 is 0.972. The van der Waals surface area contributed by atoms with E-state index < -0.39 is 0 Å². The van der Waals surface area contributed by atoms with Crippen LogP contribution in [0.5, 0.6) is 0 Å². The van der Waals surface area contributed by atoms with E-state index in [2.05, 4.69) is 26.1 Å². The molecule has 3 aromatic rings. The number of nitrogens with zero attached hydrogens (tertiary/aromatic N) is 2. The molecule has 0 spiro atoms. The van der Waals surface area contributed by atoms with Crippen LogP contribution in [0.2, 0.25) is 0 Å². The molecule has 1 aliphatic heterocycles. The Kier molecular flexibility index (Phi) is 6.04. The van der Waals surface area contributed by atoms with E-state index in [0.717, 1.165) is 52.8 Å². The van der Waals surface area contributed by atoms with Crippen molar-refractivity contribution in [2.24, 2.45) is 0 Å². The Bertz CT molecular complexity index is 1070. The van der Waals surface area contributed by atoms with Crippen molar-refractivity contribution in [1.82, 2.24) is 4.90 Å². The number of carbonyl (C=O) groups is 2. The van der Waals surface area contributed by atoms with Crippen LogP contribution >= 0.6 is 15.9 Å². The number of nitrogens with one attached hydrogen (secondary N) is 1. The molecule has 0 saturated carbocycles. The summed E-state index contributed by atoms with van der Waals surface area (Å²) in [5.41, 5.74) is 2.51. The van der Waals surface area contributed by atoms with Crippen molar-refractivity contribution in [1.29, 1.82) is 0 Å². The molecule has 0 aliphatic carbocycles. The molecule has 5 nitrogen and oxygen atoms in total. The molecule has 1 aliphatic rings. The molecule has 4 rings (SSSR count). The van der Waals surface area contributed by atoms with Crippen molar-refractivity contribution < 1.29 is 9.59 Å². The van der Waals surface area contributed by atoms with Crippen LogP contribution < -0.4 is 10.2 Å². The van der Waals surface area contributed by atoms with E-state index in [9.17, 15) is 9.59 Å². The Balaban J connectivity index is 1.44. The van der Waals surface area contributed by atoms with Crippen LogP contribution in [-0.2, 0) is 4.79 Å². The smallest absolute Gasteiger partial charge is 0.256 e. The number of halogens is 1. The van der Waals surface area contributed by atoms with Crippen LogP contribution in [0.15, 0.2) is 65.1 Å². The molecule has 1 fully saturated rings. The Hall–Kier alpha value is -2.86. The van der Waals surface area contributed by atoms with Crippen LogP contribution in [0.3, 0.4) is 0 Å². The van der Waals surface area contributed by atoms with Crippen LogP contribution in [0.25, 0.3) is 10.8 Å². The van der Waals surface area contributed by atoms with Crippen molar-refractivity contribution in [2.45, 2.75) is 13.3 Å². The van der Waals surface area contributed by atoms with Gasteiger partial charge in [-0.05, 0) is 47.2 Å². The third-order valence-corrected chi connectivity index (χ3v) is 6.23. The van der Waals surface area contributed by atoms with Crippen molar-refractivity contribution in [3.63, 3.8) is 0 Å². The molecule has 0 radical (unpaired) electrons. The zero-order chi connectivity index (χ0) is 21.1. The summed E-state index contributed by atoms with van der Waals surface area (Å²) in [5, 5.41) is 4.94. The molecule has 0 atom stereocenters. The Labute approximate surface area is 184 Å². The van der Waals surface area contributed by atoms with E-state index in [0.29, 0.717) is 12.0 Å². The van der Waals surface area contributed by atoms with Gasteiger partial charge in [0, 0.05) is 54.0 Å². The minimum absolute atomic E-state index is 0.127. The Morgan fingerprint density at radius 2 is 1.57 bits per heavy atom. The van der Waals surface area contributed by atoms with Gasteiger partial charge in [0.15, 0.2) is 0 Å². The third-order valence-electron chi connectivity index (χ3n) is 5.54. The van der Waals surface area contributed by atoms with Crippen molar-refractivity contribution in [3.05, 3.63) is 70.7 Å². The van der Waals surface area contributed by atoms with Crippen LogP contribution in [-0.4, -0.2) is 42.9 Å². The standard InChI is InChI=1S/C24H24BrN3O2/c1-2-23(29)28-15-13-27(14-16-28)18-11-9-17(10-12-18)26-24(30)21-7-3-6-20-19(21)5-4-8-22(20)25/h3-12H,2,13-16H2,1H3,(H,26,30). The molecule has 0 aromatic heterocycles. The molecule has 1 heterocycles. The summed E-state index contributed by atoms with van der Waals surface area (Å²) in [7, 11) is 0. The number of anilines is 2. The fourth-order valence-corrected chi connectivity index (χ4v) is 4.36. The van der Waals surface area contributed by atoms with Gasteiger partial charge < -0.3 is 15.1 Å². The second-order valence-electron chi connectivity index (χ2n) is 7.36. The minimum atomic E-state index is -0.127. The number of piperazine rings is 1. The van der Waals surface area contributed by atoms with Gasteiger partial charge >= 0.3 is 0 Å². The molecule has 1 N–H and O–H groups in total. The zero-order valence-corrected chi connectivity index (χ0v) is 18.5. The molecule has 0 bridgehead atoms. The first-order valence-electron chi connectivity index (χ1n) is 10.2. The normalized spacial score (nSPS) is 14.1. The van der Waals surface area contributed by atoms with E-state index >= 15 is 0 Å². The maximum absolute atomic E-state index is 12.9. The number of fused-ring (bicyclic) bond motifs is 1. The zero-order valence-electron chi connectivity index (χ0n) is 16.9. The summed E-state index contributed by atoms with van der Waals surface area (Å²) in [5.74, 6) is 0.0892. The lowest BCUT2D eigenvalue weighted by atomic mass is 10.0. The highest BCUT2D eigenvalue weighted by atomic mass is 79.9. The molecule has 0 unspecified atom stereocenters. The van der Waals surface area contributed by atoms with E-state index in [-0.39, 0.29) is 11.8 Å². The summed E-state index contributed by atoms with van der Waals surface area (Å²) in [6, 6.07) is 19.5. The topological polar surface area (TPSA) is 52.7 Å². The first-order valence-corrected chi connectivity index (χ1v) is 11.0. The lowest BCUT2D eigenvalue weighted by Crippen LogP contribution is -2.48. The van der Waals surface area contributed by atoms with Gasteiger partial charge in [-0.15, -0.1) is 0 Å². The highest BCUT2D eigenvalue weighted by molar-refractivity contribution is 9.10. The van der Waals surface area contributed by atoms with Crippen molar-refractivity contribution >= 4 is 49.9 Å². The first-order chi connectivity index (χ1) is 14.6. The number of hydrogen-bond donors (Lipinski definition) is 1. The number of carbonyl (C=O) groups excluding carboxylic acids is 2. The third kappa shape index (κ3) is 4.19. The van der Waals surface area contributed by atoms with E-state index in [1.54, 1.807) is 0 Å². The van der Waals surface area contributed by atoms with Gasteiger partial charge in [0.25, 0.3) is 5.91 Å². The molecular formula is C24H24BrN3O2. The number of benzene rings is 3. The average Bonchev–Trinajstić information content (AvgIpc) is 2.79. The highest BCUT2D eigenvalue weighted by Gasteiger charge is 2.20.